The predicted molar refractivity (Wildman–Crippen MR) is 74.9 cm³/mol. The zero-order chi connectivity index (χ0) is 13.9. The van der Waals surface area contributed by atoms with Crippen molar-refractivity contribution in [1.82, 2.24) is 4.98 Å². The lowest BCUT2D eigenvalue weighted by molar-refractivity contribution is 0.0576. The monoisotopic (exact) mass is 258 g/mol. The van der Waals surface area contributed by atoms with Crippen LogP contribution in [0.1, 0.15) is 18.1 Å². The van der Waals surface area contributed by atoms with Gasteiger partial charge in [-0.25, -0.2) is 0 Å². The molecule has 0 radical (unpaired) electrons. The minimum Gasteiger partial charge on any atom is -0.497 e. The van der Waals surface area contributed by atoms with Gasteiger partial charge in [-0.05, 0) is 36.2 Å². The van der Waals surface area contributed by atoms with Gasteiger partial charge >= 0.3 is 0 Å². The maximum absolute atomic E-state index is 10.6. The van der Waals surface area contributed by atoms with Crippen LogP contribution in [-0.2, 0) is 12.0 Å². The average molecular weight is 258 g/mol. The summed E-state index contributed by atoms with van der Waals surface area (Å²) < 4.78 is 5.11. The number of pyridine rings is 1. The van der Waals surface area contributed by atoms with E-state index in [-0.39, 0.29) is 0 Å². The number of rotatable bonds is 4. The number of nitrogens with two attached hydrogens (primary N) is 1. The lowest BCUT2D eigenvalue weighted by Crippen LogP contribution is -2.24. The first-order chi connectivity index (χ1) is 9.03. The zero-order valence-electron chi connectivity index (χ0n) is 11.1. The van der Waals surface area contributed by atoms with E-state index >= 15 is 0 Å². The van der Waals surface area contributed by atoms with E-state index < -0.39 is 5.60 Å². The Morgan fingerprint density at radius 1 is 1.26 bits per heavy atom. The third-order valence-corrected chi connectivity index (χ3v) is 3.19. The highest BCUT2D eigenvalue weighted by molar-refractivity contribution is 5.45. The second kappa shape index (κ2) is 5.28. The smallest absolute Gasteiger partial charge is 0.118 e. The minimum atomic E-state index is -0.997. The molecular formula is C15H18N2O2. The van der Waals surface area contributed by atoms with E-state index in [4.69, 9.17) is 10.5 Å². The molecule has 0 spiro atoms. The second-order valence-electron chi connectivity index (χ2n) is 4.75. The van der Waals surface area contributed by atoms with Gasteiger partial charge in [-0.1, -0.05) is 12.1 Å². The van der Waals surface area contributed by atoms with Crippen molar-refractivity contribution in [3.8, 4) is 5.75 Å². The highest BCUT2D eigenvalue weighted by Crippen LogP contribution is 2.28. The molecule has 0 fully saturated rings. The number of anilines is 1. The quantitative estimate of drug-likeness (QED) is 0.881. The van der Waals surface area contributed by atoms with Crippen LogP contribution in [0.25, 0.3) is 0 Å². The molecule has 1 unspecified atom stereocenters. The number of aromatic nitrogens is 1. The van der Waals surface area contributed by atoms with Crippen molar-refractivity contribution in [3.05, 3.63) is 53.9 Å². The first-order valence-electron chi connectivity index (χ1n) is 6.08. The Balaban J connectivity index is 2.24. The van der Waals surface area contributed by atoms with Crippen LogP contribution in [0.15, 0.2) is 42.7 Å². The molecule has 4 heteroatoms. The number of methoxy groups -OCH3 is 1. The Bertz CT molecular complexity index is 550. The number of aliphatic hydroxyl groups is 1. The Morgan fingerprint density at radius 2 is 1.95 bits per heavy atom. The fourth-order valence-corrected chi connectivity index (χ4v) is 2.01. The molecular weight excluding hydrogens is 240 g/mol. The molecule has 0 aliphatic carbocycles. The summed E-state index contributed by atoms with van der Waals surface area (Å²) in [5.74, 6) is 0.764. The third kappa shape index (κ3) is 3.03. The van der Waals surface area contributed by atoms with Gasteiger partial charge in [-0.2, -0.15) is 0 Å². The van der Waals surface area contributed by atoms with Gasteiger partial charge in [0.15, 0.2) is 0 Å². The second-order valence-corrected chi connectivity index (χ2v) is 4.75. The summed E-state index contributed by atoms with van der Waals surface area (Å²) in [5.41, 5.74) is 7.18. The molecule has 2 rings (SSSR count). The molecule has 19 heavy (non-hydrogen) atoms. The van der Waals surface area contributed by atoms with Crippen molar-refractivity contribution in [2.45, 2.75) is 18.9 Å². The largest absolute Gasteiger partial charge is 0.497 e. The molecule has 0 aliphatic rings. The van der Waals surface area contributed by atoms with Gasteiger partial charge in [0.2, 0.25) is 0 Å². The van der Waals surface area contributed by atoms with Crippen LogP contribution in [0, 0.1) is 0 Å². The van der Waals surface area contributed by atoms with Crippen molar-refractivity contribution in [3.63, 3.8) is 0 Å². The number of benzene rings is 1. The topological polar surface area (TPSA) is 68.4 Å². The first-order valence-corrected chi connectivity index (χ1v) is 6.08. The van der Waals surface area contributed by atoms with Gasteiger partial charge in [0.05, 0.1) is 12.7 Å². The summed E-state index contributed by atoms with van der Waals surface area (Å²) >= 11 is 0. The Morgan fingerprint density at radius 3 is 2.53 bits per heavy atom. The highest BCUT2D eigenvalue weighted by atomic mass is 16.5. The first kappa shape index (κ1) is 13.4. The summed E-state index contributed by atoms with van der Waals surface area (Å²) in [6, 6.07) is 9.10. The molecule has 100 valence electrons. The van der Waals surface area contributed by atoms with Crippen LogP contribution < -0.4 is 10.5 Å². The molecule has 0 amide bonds. The summed E-state index contributed by atoms with van der Waals surface area (Å²) in [6.45, 7) is 1.77. The fraction of sp³-hybridized carbons (Fsp3) is 0.267. The molecule has 3 N–H and O–H groups in total. The SMILES string of the molecule is COc1ccc(C(C)(O)Cc2cnccc2N)cc1. The third-order valence-electron chi connectivity index (χ3n) is 3.19. The Kier molecular flexibility index (Phi) is 3.71. The zero-order valence-corrected chi connectivity index (χ0v) is 11.1. The van der Waals surface area contributed by atoms with Crippen LogP contribution in [0.5, 0.6) is 5.75 Å². The van der Waals surface area contributed by atoms with E-state index in [1.165, 1.54) is 0 Å². The van der Waals surface area contributed by atoms with Gasteiger partial charge < -0.3 is 15.6 Å². The van der Waals surface area contributed by atoms with E-state index in [9.17, 15) is 5.11 Å². The standard InChI is InChI=1S/C15H18N2O2/c1-15(18,9-11-10-17-8-7-14(11)16)12-3-5-13(19-2)6-4-12/h3-8,10,18H,9H2,1-2H3,(H2,16,17). The predicted octanol–water partition coefficient (Wildman–Crippen LogP) is 2.12. The molecule has 1 atom stereocenters. The molecule has 0 saturated carbocycles. The molecule has 1 aromatic heterocycles. The molecule has 0 aliphatic heterocycles. The molecule has 2 aromatic rings. The normalized spacial score (nSPS) is 13.8. The molecule has 0 saturated heterocycles. The van der Waals surface area contributed by atoms with E-state index in [0.29, 0.717) is 12.1 Å². The van der Waals surface area contributed by atoms with Crippen LogP contribution in [0.2, 0.25) is 0 Å². The van der Waals surface area contributed by atoms with Crippen molar-refractivity contribution in [2.75, 3.05) is 12.8 Å². The summed E-state index contributed by atoms with van der Waals surface area (Å²) in [4.78, 5) is 4.04. The molecule has 0 bridgehead atoms. The van der Waals surface area contributed by atoms with Gasteiger partial charge in [-0.15, -0.1) is 0 Å². The van der Waals surface area contributed by atoms with Gasteiger partial charge in [-0.3, -0.25) is 4.98 Å². The van der Waals surface area contributed by atoms with Crippen LogP contribution in [-0.4, -0.2) is 17.2 Å². The fourth-order valence-electron chi connectivity index (χ4n) is 2.01. The van der Waals surface area contributed by atoms with Gasteiger partial charge in [0.25, 0.3) is 0 Å². The van der Waals surface area contributed by atoms with E-state index in [2.05, 4.69) is 4.98 Å². The lowest BCUT2D eigenvalue weighted by atomic mass is 9.89. The summed E-state index contributed by atoms with van der Waals surface area (Å²) in [6.07, 6.45) is 3.74. The summed E-state index contributed by atoms with van der Waals surface area (Å²) in [5, 5.41) is 10.6. The number of nitrogens with zero attached hydrogens (tertiary/aromatic N) is 1. The highest BCUT2D eigenvalue weighted by Gasteiger charge is 2.24. The van der Waals surface area contributed by atoms with Gasteiger partial charge in [0.1, 0.15) is 5.75 Å². The van der Waals surface area contributed by atoms with Crippen LogP contribution in [0.4, 0.5) is 5.69 Å². The molecule has 1 aromatic carbocycles. The van der Waals surface area contributed by atoms with Crippen LogP contribution >= 0.6 is 0 Å². The number of nitrogen functional groups attached to an aromatic ring is 1. The number of hydrogen-bond donors (Lipinski definition) is 2. The van der Waals surface area contributed by atoms with Crippen LogP contribution in [0.3, 0.4) is 0 Å². The van der Waals surface area contributed by atoms with Crippen molar-refractivity contribution >= 4 is 5.69 Å². The van der Waals surface area contributed by atoms with Gasteiger partial charge in [0, 0.05) is 24.5 Å². The number of hydrogen-bond acceptors (Lipinski definition) is 4. The number of ether oxygens (including phenoxy) is 1. The minimum absolute atomic E-state index is 0.416. The molecule has 1 heterocycles. The maximum atomic E-state index is 10.6. The maximum Gasteiger partial charge on any atom is 0.118 e. The van der Waals surface area contributed by atoms with E-state index in [0.717, 1.165) is 16.9 Å². The summed E-state index contributed by atoms with van der Waals surface area (Å²) in [7, 11) is 1.61. The molecule has 4 nitrogen and oxygen atoms in total. The van der Waals surface area contributed by atoms with E-state index in [1.54, 1.807) is 32.5 Å². The lowest BCUT2D eigenvalue weighted by Gasteiger charge is -2.24. The van der Waals surface area contributed by atoms with Crippen molar-refractivity contribution in [2.24, 2.45) is 0 Å². The van der Waals surface area contributed by atoms with Crippen molar-refractivity contribution in [1.29, 1.82) is 0 Å². The Hall–Kier alpha value is -2.07. The average Bonchev–Trinajstić information content (AvgIpc) is 2.41. The Labute approximate surface area is 112 Å². The van der Waals surface area contributed by atoms with Crippen molar-refractivity contribution < 1.29 is 9.84 Å². The van der Waals surface area contributed by atoms with E-state index in [1.807, 2.05) is 24.3 Å².